The van der Waals surface area contributed by atoms with Crippen LogP contribution in [0.4, 0.5) is 11.4 Å². The van der Waals surface area contributed by atoms with E-state index in [0.29, 0.717) is 21.8 Å². The molecule has 0 unspecified atom stereocenters. The predicted molar refractivity (Wildman–Crippen MR) is 111 cm³/mol. The van der Waals surface area contributed by atoms with Gasteiger partial charge in [-0.1, -0.05) is 35.9 Å². The molecule has 2 N–H and O–H groups in total. The molecule has 1 heterocycles. The molecule has 0 aromatic heterocycles. The Morgan fingerprint density at radius 1 is 1.04 bits per heavy atom. The van der Waals surface area contributed by atoms with Crippen LogP contribution in [-0.4, -0.2) is 23.8 Å². The van der Waals surface area contributed by atoms with E-state index in [1.165, 1.54) is 0 Å². The summed E-state index contributed by atoms with van der Waals surface area (Å²) in [6.45, 7) is 0. The zero-order chi connectivity index (χ0) is 19.7. The Balaban J connectivity index is 1.58. The van der Waals surface area contributed by atoms with E-state index in [4.69, 9.17) is 11.6 Å². The molecule has 28 heavy (non-hydrogen) atoms. The number of halogens is 1. The zero-order valence-corrected chi connectivity index (χ0v) is 15.9. The number of hydrogen-bond acceptors (Lipinski definition) is 3. The summed E-state index contributed by atoms with van der Waals surface area (Å²) in [4.78, 5) is 26.8. The van der Waals surface area contributed by atoms with Crippen LogP contribution in [0.1, 0.15) is 32.4 Å². The normalized spacial score (nSPS) is 15.6. The monoisotopic (exact) mass is 391 g/mol. The van der Waals surface area contributed by atoms with Crippen molar-refractivity contribution in [2.75, 3.05) is 17.7 Å². The number of nitrogens with zero attached hydrogens (tertiary/aromatic N) is 1. The van der Waals surface area contributed by atoms with Gasteiger partial charge in [0, 0.05) is 29.0 Å². The summed E-state index contributed by atoms with van der Waals surface area (Å²) in [5, 5.41) is 6.86. The number of anilines is 2. The molecule has 0 saturated heterocycles. The maximum absolute atomic E-state index is 12.7. The van der Waals surface area contributed by atoms with Gasteiger partial charge in [-0.15, -0.1) is 0 Å². The Kier molecular flexibility index (Phi) is 4.75. The molecule has 2 amide bonds. The van der Waals surface area contributed by atoms with Gasteiger partial charge in [-0.25, -0.2) is 0 Å². The molecule has 0 radical (unpaired) electrons. The number of hydrogen-bond donors (Lipinski definition) is 2. The highest BCUT2D eigenvalue weighted by atomic mass is 35.5. The van der Waals surface area contributed by atoms with Crippen molar-refractivity contribution in [1.29, 1.82) is 0 Å². The number of carbonyl (C=O) groups is 2. The van der Waals surface area contributed by atoms with Crippen LogP contribution in [0.3, 0.4) is 0 Å². The van der Waals surface area contributed by atoms with E-state index in [9.17, 15) is 9.59 Å². The van der Waals surface area contributed by atoms with Crippen molar-refractivity contribution in [2.45, 2.75) is 6.17 Å². The maximum Gasteiger partial charge on any atom is 0.257 e. The highest BCUT2D eigenvalue weighted by Crippen LogP contribution is 2.32. The quantitative estimate of drug-likeness (QED) is 0.674. The highest BCUT2D eigenvalue weighted by molar-refractivity contribution is 6.30. The molecule has 140 valence electrons. The summed E-state index contributed by atoms with van der Waals surface area (Å²) in [5.41, 5.74) is 3.49. The lowest BCUT2D eigenvalue weighted by Crippen LogP contribution is -2.40. The van der Waals surface area contributed by atoms with E-state index in [1.54, 1.807) is 42.3 Å². The Labute approximate surface area is 167 Å². The van der Waals surface area contributed by atoms with Crippen LogP contribution in [0.2, 0.25) is 5.02 Å². The molecule has 1 atom stereocenters. The molecular formula is C22H18ClN3O2. The van der Waals surface area contributed by atoms with Gasteiger partial charge in [0.15, 0.2) is 0 Å². The predicted octanol–water partition coefficient (Wildman–Crippen LogP) is 4.79. The van der Waals surface area contributed by atoms with E-state index in [0.717, 1.165) is 11.3 Å². The molecule has 5 nitrogen and oxygen atoms in total. The minimum absolute atomic E-state index is 0.0463. The van der Waals surface area contributed by atoms with Gasteiger partial charge in [-0.05, 0) is 54.1 Å². The topological polar surface area (TPSA) is 61.4 Å². The first-order valence-electron chi connectivity index (χ1n) is 8.82. The van der Waals surface area contributed by atoms with Crippen LogP contribution < -0.4 is 10.6 Å². The third kappa shape index (κ3) is 3.44. The second kappa shape index (κ2) is 7.37. The number of benzene rings is 3. The molecule has 6 heteroatoms. The van der Waals surface area contributed by atoms with Crippen LogP contribution >= 0.6 is 11.6 Å². The Hall–Kier alpha value is -3.31. The van der Waals surface area contributed by atoms with Gasteiger partial charge in [0.05, 0.1) is 5.56 Å². The van der Waals surface area contributed by atoms with Crippen LogP contribution in [-0.2, 0) is 0 Å². The first kappa shape index (κ1) is 18.1. The molecule has 0 aliphatic carbocycles. The van der Waals surface area contributed by atoms with Gasteiger partial charge in [0.2, 0.25) is 0 Å². The molecule has 0 saturated carbocycles. The van der Waals surface area contributed by atoms with Crippen molar-refractivity contribution in [3.8, 4) is 0 Å². The van der Waals surface area contributed by atoms with Gasteiger partial charge < -0.3 is 15.5 Å². The highest BCUT2D eigenvalue weighted by Gasteiger charge is 2.30. The first-order valence-corrected chi connectivity index (χ1v) is 9.20. The summed E-state index contributed by atoms with van der Waals surface area (Å²) in [6.07, 6.45) is -0.324. The fraction of sp³-hybridized carbons (Fsp3) is 0.0909. The smallest absolute Gasteiger partial charge is 0.257 e. The summed E-state index contributed by atoms with van der Waals surface area (Å²) in [7, 11) is 1.76. The van der Waals surface area contributed by atoms with E-state index >= 15 is 0 Å². The lowest BCUT2D eigenvalue weighted by atomic mass is 10.0. The summed E-state index contributed by atoms with van der Waals surface area (Å²) in [5.74, 6) is -0.268. The average molecular weight is 392 g/mol. The van der Waals surface area contributed by atoms with Crippen molar-refractivity contribution < 1.29 is 9.59 Å². The molecule has 0 spiro atoms. The van der Waals surface area contributed by atoms with Crippen LogP contribution in [0.25, 0.3) is 0 Å². The maximum atomic E-state index is 12.7. The lowest BCUT2D eigenvalue weighted by molar-refractivity contribution is 0.0735. The third-order valence-corrected chi connectivity index (χ3v) is 4.98. The molecule has 3 aromatic carbocycles. The van der Waals surface area contributed by atoms with Crippen molar-refractivity contribution in [1.82, 2.24) is 4.90 Å². The molecular weight excluding hydrogens is 374 g/mol. The summed E-state index contributed by atoms with van der Waals surface area (Å²) >= 11 is 5.87. The number of nitrogens with one attached hydrogen (secondary N) is 2. The van der Waals surface area contributed by atoms with Crippen molar-refractivity contribution in [3.63, 3.8) is 0 Å². The Bertz CT molecular complexity index is 1050. The van der Waals surface area contributed by atoms with Crippen LogP contribution in [0, 0.1) is 0 Å². The van der Waals surface area contributed by atoms with Crippen molar-refractivity contribution in [3.05, 3.63) is 94.5 Å². The van der Waals surface area contributed by atoms with E-state index < -0.39 is 0 Å². The summed E-state index contributed by atoms with van der Waals surface area (Å²) in [6, 6.07) is 21.6. The van der Waals surface area contributed by atoms with E-state index in [1.807, 2.05) is 42.5 Å². The minimum Gasteiger partial charge on any atom is -0.361 e. The minimum atomic E-state index is -0.324. The van der Waals surface area contributed by atoms with Crippen molar-refractivity contribution in [2.24, 2.45) is 0 Å². The number of rotatable bonds is 3. The number of para-hydroxylation sites is 1. The second-order valence-electron chi connectivity index (χ2n) is 6.59. The number of amides is 2. The first-order chi connectivity index (χ1) is 13.5. The molecule has 0 bridgehead atoms. The fourth-order valence-electron chi connectivity index (χ4n) is 3.24. The van der Waals surface area contributed by atoms with E-state index in [2.05, 4.69) is 10.6 Å². The lowest BCUT2D eigenvalue weighted by Gasteiger charge is -2.35. The number of carbonyl (C=O) groups excluding carboxylic acids is 2. The van der Waals surface area contributed by atoms with Crippen molar-refractivity contribution >= 4 is 34.8 Å². The fourth-order valence-corrected chi connectivity index (χ4v) is 3.37. The SMILES string of the molecule is CN1C(=O)c2ccccc2N[C@@H]1c1cccc(NC(=O)c2ccc(Cl)cc2)c1. The third-order valence-electron chi connectivity index (χ3n) is 4.72. The standard InChI is InChI=1S/C22H18ClN3O2/c1-26-20(25-19-8-3-2-7-18(19)22(26)28)15-5-4-6-17(13-15)24-21(27)14-9-11-16(23)12-10-14/h2-13,20,25H,1H3,(H,24,27)/t20-/m0/s1. The Morgan fingerprint density at radius 2 is 1.79 bits per heavy atom. The summed E-state index contributed by atoms with van der Waals surface area (Å²) < 4.78 is 0. The second-order valence-corrected chi connectivity index (χ2v) is 7.03. The van der Waals surface area contributed by atoms with Gasteiger partial charge in [0.1, 0.15) is 6.17 Å². The molecule has 3 aromatic rings. The zero-order valence-electron chi connectivity index (χ0n) is 15.1. The Morgan fingerprint density at radius 3 is 2.57 bits per heavy atom. The average Bonchev–Trinajstić information content (AvgIpc) is 2.71. The van der Waals surface area contributed by atoms with Crippen LogP contribution in [0.15, 0.2) is 72.8 Å². The molecule has 1 aliphatic heterocycles. The van der Waals surface area contributed by atoms with Crippen LogP contribution in [0.5, 0.6) is 0 Å². The van der Waals surface area contributed by atoms with Gasteiger partial charge in [-0.3, -0.25) is 9.59 Å². The van der Waals surface area contributed by atoms with Gasteiger partial charge in [-0.2, -0.15) is 0 Å². The van der Waals surface area contributed by atoms with E-state index in [-0.39, 0.29) is 18.0 Å². The molecule has 1 aliphatic rings. The number of fused-ring (bicyclic) bond motifs is 1. The van der Waals surface area contributed by atoms with Gasteiger partial charge in [0.25, 0.3) is 11.8 Å². The largest absolute Gasteiger partial charge is 0.361 e. The van der Waals surface area contributed by atoms with Gasteiger partial charge >= 0.3 is 0 Å². The molecule has 4 rings (SSSR count). The molecule has 0 fully saturated rings.